The van der Waals surface area contributed by atoms with Crippen LogP contribution in [0.5, 0.6) is 5.75 Å². The summed E-state index contributed by atoms with van der Waals surface area (Å²) in [5.74, 6) is 0.188. The van der Waals surface area contributed by atoms with Crippen molar-refractivity contribution < 1.29 is 15.0 Å². The lowest BCUT2D eigenvalue weighted by molar-refractivity contribution is 0.139. The van der Waals surface area contributed by atoms with E-state index in [9.17, 15) is 9.90 Å². The fraction of sp³-hybridized carbons (Fsp3) is 0.300. The van der Waals surface area contributed by atoms with Gasteiger partial charge >= 0.3 is 6.09 Å². The van der Waals surface area contributed by atoms with E-state index in [0.717, 1.165) is 11.1 Å². The van der Waals surface area contributed by atoms with Crippen LogP contribution in [0.3, 0.4) is 0 Å². The second kappa shape index (κ2) is 3.21. The van der Waals surface area contributed by atoms with Crippen molar-refractivity contribution in [2.45, 2.75) is 13.0 Å². The molecule has 1 aromatic carbocycles. The maximum Gasteiger partial charge on any atom is 0.407 e. The number of aromatic hydroxyl groups is 1. The topological polar surface area (TPSA) is 60.8 Å². The zero-order valence-corrected chi connectivity index (χ0v) is 7.60. The molecule has 1 aliphatic heterocycles. The van der Waals surface area contributed by atoms with Gasteiger partial charge in [-0.1, -0.05) is 12.1 Å². The Morgan fingerprint density at radius 2 is 2.21 bits per heavy atom. The number of amides is 1. The molecule has 1 aromatic rings. The van der Waals surface area contributed by atoms with Gasteiger partial charge in [0, 0.05) is 12.1 Å². The number of carbonyl (C=O) groups is 1. The quantitative estimate of drug-likeness (QED) is 0.655. The van der Waals surface area contributed by atoms with Crippen molar-refractivity contribution in [1.82, 2.24) is 4.90 Å². The Labute approximate surface area is 81.4 Å². The van der Waals surface area contributed by atoms with E-state index in [1.54, 1.807) is 12.1 Å². The average molecular weight is 193 g/mol. The van der Waals surface area contributed by atoms with Gasteiger partial charge in [-0.15, -0.1) is 0 Å². The van der Waals surface area contributed by atoms with E-state index in [0.29, 0.717) is 13.0 Å². The second-order valence-electron chi connectivity index (χ2n) is 3.37. The third-order valence-corrected chi connectivity index (χ3v) is 2.52. The van der Waals surface area contributed by atoms with Gasteiger partial charge in [-0.05, 0) is 18.1 Å². The lowest BCUT2D eigenvalue weighted by Gasteiger charge is -2.26. The Kier molecular flexibility index (Phi) is 2.04. The van der Waals surface area contributed by atoms with E-state index < -0.39 is 6.09 Å². The van der Waals surface area contributed by atoms with Crippen LogP contribution in [0.15, 0.2) is 18.2 Å². The highest BCUT2D eigenvalue weighted by atomic mass is 16.4. The number of rotatable bonds is 0. The molecule has 0 saturated heterocycles. The molecule has 0 bridgehead atoms. The molecule has 0 saturated carbocycles. The van der Waals surface area contributed by atoms with Crippen LogP contribution in [0.1, 0.15) is 11.1 Å². The monoisotopic (exact) mass is 193 g/mol. The highest BCUT2D eigenvalue weighted by Gasteiger charge is 2.21. The van der Waals surface area contributed by atoms with Crippen LogP contribution in [0.25, 0.3) is 0 Å². The molecule has 0 radical (unpaired) electrons. The number of hydrogen-bond donors (Lipinski definition) is 2. The summed E-state index contributed by atoms with van der Waals surface area (Å²) in [5.41, 5.74) is 1.78. The summed E-state index contributed by atoms with van der Waals surface area (Å²) < 4.78 is 0. The van der Waals surface area contributed by atoms with Crippen molar-refractivity contribution in [3.05, 3.63) is 29.3 Å². The number of fused-ring (bicyclic) bond motifs is 1. The first-order valence-electron chi connectivity index (χ1n) is 4.46. The van der Waals surface area contributed by atoms with Gasteiger partial charge in [0.2, 0.25) is 0 Å². The predicted molar refractivity (Wildman–Crippen MR) is 50.2 cm³/mol. The molecule has 0 fully saturated rings. The van der Waals surface area contributed by atoms with E-state index in [4.69, 9.17) is 5.11 Å². The molecule has 14 heavy (non-hydrogen) atoms. The molecule has 0 atom stereocenters. The molecular formula is C10H11NO3. The minimum absolute atomic E-state index is 0.188. The van der Waals surface area contributed by atoms with Crippen molar-refractivity contribution in [2.24, 2.45) is 0 Å². The summed E-state index contributed by atoms with van der Waals surface area (Å²) in [5, 5.41) is 18.3. The van der Waals surface area contributed by atoms with Crippen molar-refractivity contribution in [2.75, 3.05) is 6.54 Å². The molecule has 2 rings (SSSR count). The Hall–Kier alpha value is -1.71. The van der Waals surface area contributed by atoms with E-state index in [1.807, 2.05) is 6.07 Å². The van der Waals surface area contributed by atoms with E-state index >= 15 is 0 Å². The van der Waals surface area contributed by atoms with Gasteiger partial charge < -0.3 is 15.1 Å². The molecule has 1 heterocycles. The van der Waals surface area contributed by atoms with Crippen molar-refractivity contribution in [1.29, 1.82) is 0 Å². The number of carboxylic acid groups (broad SMARTS) is 1. The van der Waals surface area contributed by atoms with Gasteiger partial charge in [0.15, 0.2) is 0 Å². The Balaban J connectivity index is 2.33. The Morgan fingerprint density at radius 1 is 1.43 bits per heavy atom. The maximum absolute atomic E-state index is 10.7. The predicted octanol–water partition coefficient (Wildman–Crippen LogP) is 1.43. The third kappa shape index (κ3) is 1.39. The Morgan fingerprint density at radius 3 is 2.93 bits per heavy atom. The molecule has 74 valence electrons. The molecule has 0 aromatic heterocycles. The third-order valence-electron chi connectivity index (χ3n) is 2.52. The molecular weight excluding hydrogens is 182 g/mol. The number of hydrogen-bond acceptors (Lipinski definition) is 2. The second-order valence-corrected chi connectivity index (χ2v) is 3.37. The summed E-state index contributed by atoms with van der Waals surface area (Å²) in [6.45, 7) is 0.795. The minimum Gasteiger partial charge on any atom is -0.508 e. The fourth-order valence-corrected chi connectivity index (χ4v) is 1.73. The highest BCUT2D eigenvalue weighted by molar-refractivity contribution is 5.66. The number of benzene rings is 1. The van der Waals surface area contributed by atoms with Crippen molar-refractivity contribution in [3.8, 4) is 5.75 Å². The van der Waals surface area contributed by atoms with Gasteiger partial charge in [0.05, 0.1) is 6.54 Å². The van der Waals surface area contributed by atoms with Crippen LogP contribution >= 0.6 is 0 Å². The summed E-state index contributed by atoms with van der Waals surface area (Å²) >= 11 is 0. The lowest BCUT2D eigenvalue weighted by atomic mass is 9.99. The standard InChI is InChI=1S/C10H11NO3/c12-9-3-1-2-7-4-5-11(10(13)14)6-8(7)9/h1-3,12H,4-6H2,(H,13,14). The molecule has 4 nitrogen and oxygen atoms in total. The first-order chi connectivity index (χ1) is 6.68. The molecule has 1 aliphatic rings. The molecule has 2 N–H and O–H groups in total. The van der Waals surface area contributed by atoms with Gasteiger partial charge in [-0.3, -0.25) is 0 Å². The molecule has 0 unspecified atom stereocenters. The zero-order chi connectivity index (χ0) is 10.1. The zero-order valence-electron chi connectivity index (χ0n) is 7.60. The van der Waals surface area contributed by atoms with Crippen LogP contribution in [-0.4, -0.2) is 27.8 Å². The van der Waals surface area contributed by atoms with Crippen LogP contribution in [0.2, 0.25) is 0 Å². The van der Waals surface area contributed by atoms with Crippen LogP contribution < -0.4 is 0 Å². The number of phenols is 1. The molecule has 0 spiro atoms. The summed E-state index contributed by atoms with van der Waals surface area (Å²) in [7, 11) is 0. The van der Waals surface area contributed by atoms with Crippen LogP contribution in [-0.2, 0) is 13.0 Å². The summed E-state index contributed by atoms with van der Waals surface area (Å²) in [6, 6.07) is 5.29. The van der Waals surface area contributed by atoms with E-state index in [1.165, 1.54) is 4.90 Å². The fourth-order valence-electron chi connectivity index (χ4n) is 1.73. The Bertz CT molecular complexity index is 376. The molecule has 4 heteroatoms. The lowest BCUT2D eigenvalue weighted by Crippen LogP contribution is -2.34. The largest absolute Gasteiger partial charge is 0.508 e. The summed E-state index contributed by atoms with van der Waals surface area (Å²) in [6.07, 6.45) is -0.255. The van der Waals surface area contributed by atoms with Gasteiger partial charge in [0.1, 0.15) is 5.75 Å². The molecule has 1 amide bonds. The smallest absolute Gasteiger partial charge is 0.407 e. The van der Waals surface area contributed by atoms with E-state index in [-0.39, 0.29) is 12.3 Å². The average Bonchev–Trinajstić information content (AvgIpc) is 2.18. The van der Waals surface area contributed by atoms with Gasteiger partial charge in [0.25, 0.3) is 0 Å². The molecule has 0 aliphatic carbocycles. The summed E-state index contributed by atoms with van der Waals surface area (Å²) in [4.78, 5) is 12.0. The van der Waals surface area contributed by atoms with Crippen molar-refractivity contribution >= 4 is 6.09 Å². The maximum atomic E-state index is 10.7. The van der Waals surface area contributed by atoms with Gasteiger partial charge in [-0.2, -0.15) is 0 Å². The van der Waals surface area contributed by atoms with Crippen LogP contribution in [0, 0.1) is 0 Å². The van der Waals surface area contributed by atoms with Crippen LogP contribution in [0.4, 0.5) is 4.79 Å². The first-order valence-corrected chi connectivity index (χ1v) is 4.46. The normalized spacial score (nSPS) is 15.0. The van der Waals surface area contributed by atoms with E-state index in [2.05, 4.69) is 0 Å². The van der Waals surface area contributed by atoms with Gasteiger partial charge in [-0.25, -0.2) is 4.79 Å². The highest BCUT2D eigenvalue weighted by Crippen LogP contribution is 2.26. The number of phenolic OH excluding ortho intramolecular Hbond substituents is 1. The minimum atomic E-state index is -0.932. The first kappa shape index (κ1) is 8.87. The van der Waals surface area contributed by atoms with Crippen molar-refractivity contribution in [3.63, 3.8) is 0 Å². The SMILES string of the molecule is O=C(O)N1CCc2cccc(O)c2C1. The number of nitrogens with zero attached hydrogens (tertiary/aromatic N) is 1.